The first kappa shape index (κ1) is 22.7. The molecule has 1 amide bonds. The van der Waals surface area contributed by atoms with Gasteiger partial charge in [-0.2, -0.15) is 5.10 Å². The molecule has 4 rings (SSSR count). The average molecular weight is 454 g/mol. The molecule has 0 bridgehead atoms. The topological polar surface area (TPSA) is 112 Å². The number of aromatic carboxylic acids is 1. The van der Waals surface area contributed by atoms with Gasteiger partial charge in [-0.15, -0.1) is 0 Å². The summed E-state index contributed by atoms with van der Waals surface area (Å²) in [7, 11) is 0. The summed E-state index contributed by atoms with van der Waals surface area (Å²) < 4.78 is 5.78. The third-order valence-electron chi connectivity index (χ3n) is 5.44. The zero-order chi connectivity index (χ0) is 24.1. The van der Waals surface area contributed by atoms with Gasteiger partial charge in [0, 0.05) is 5.56 Å². The number of carbonyl (C=O) groups is 2. The molecule has 170 valence electrons. The number of rotatable bonds is 7. The maximum absolute atomic E-state index is 13.1. The molecule has 0 fully saturated rings. The summed E-state index contributed by atoms with van der Waals surface area (Å²) in [6.45, 7) is 1.80. The summed E-state index contributed by atoms with van der Waals surface area (Å²) in [6.07, 6.45) is 1.33. The molecule has 4 aromatic rings. The van der Waals surface area contributed by atoms with Gasteiger partial charge >= 0.3 is 5.97 Å². The van der Waals surface area contributed by atoms with Crippen LogP contribution in [0.3, 0.4) is 0 Å². The van der Waals surface area contributed by atoms with Crippen LogP contribution in [0.5, 0.6) is 0 Å². The molecule has 1 heterocycles. The number of aliphatic hydroxyl groups is 1. The van der Waals surface area contributed by atoms with Crippen molar-refractivity contribution in [2.45, 2.75) is 12.5 Å². The Kier molecular flexibility index (Phi) is 6.38. The number of carboxylic acid groups (broad SMARTS) is 1. The van der Waals surface area contributed by atoms with Crippen molar-refractivity contribution in [3.05, 3.63) is 119 Å². The second kappa shape index (κ2) is 9.56. The van der Waals surface area contributed by atoms with Crippen LogP contribution in [-0.2, 0) is 10.4 Å². The predicted octanol–water partition coefficient (Wildman–Crippen LogP) is 4.34. The Labute approximate surface area is 196 Å². The minimum atomic E-state index is -1.93. The molecule has 0 unspecified atom stereocenters. The fourth-order valence-electron chi connectivity index (χ4n) is 3.66. The molecule has 0 aliphatic carbocycles. The van der Waals surface area contributed by atoms with Crippen LogP contribution in [0.1, 0.15) is 32.8 Å². The van der Waals surface area contributed by atoms with Gasteiger partial charge in [-0.1, -0.05) is 66.7 Å². The van der Waals surface area contributed by atoms with E-state index in [1.165, 1.54) is 12.3 Å². The third-order valence-corrected chi connectivity index (χ3v) is 5.44. The SMILES string of the molecule is Cc1cc(C(=O)O)ccc1-c1ccc(C=NNC(=O)C(O)(c2ccccc2)c2ccccc2)o1. The monoisotopic (exact) mass is 454 g/mol. The van der Waals surface area contributed by atoms with Crippen molar-refractivity contribution >= 4 is 18.1 Å². The largest absolute Gasteiger partial charge is 0.478 e. The number of nitrogens with one attached hydrogen (secondary N) is 1. The smallest absolute Gasteiger partial charge is 0.335 e. The number of hydrazone groups is 1. The van der Waals surface area contributed by atoms with Crippen molar-refractivity contribution in [1.82, 2.24) is 5.43 Å². The van der Waals surface area contributed by atoms with Gasteiger partial charge in [-0.05, 0) is 47.9 Å². The number of carboxylic acids is 1. The molecule has 0 aliphatic rings. The Hall–Kier alpha value is -4.49. The summed E-state index contributed by atoms with van der Waals surface area (Å²) in [4.78, 5) is 24.2. The van der Waals surface area contributed by atoms with Gasteiger partial charge in [0.25, 0.3) is 5.91 Å². The number of benzene rings is 3. The van der Waals surface area contributed by atoms with Crippen molar-refractivity contribution in [2.24, 2.45) is 5.10 Å². The van der Waals surface area contributed by atoms with E-state index in [1.54, 1.807) is 91.9 Å². The number of furan rings is 1. The van der Waals surface area contributed by atoms with Gasteiger partial charge in [0.1, 0.15) is 11.5 Å². The van der Waals surface area contributed by atoms with E-state index in [-0.39, 0.29) is 5.56 Å². The lowest BCUT2D eigenvalue weighted by Crippen LogP contribution is -2.43. The highest BCUT2D eigenvalue weighted by molar-refractivity contribution is 5.91. The number of hydrogen-bond donors (Lipinski definition) is 3. The Morgan fingerprint density at radius 3 is 2.09 bits per heavy atom. The van der Waals surface area contributed by atoms with Crippen molar-refractivity contribution in [1.29, 1.82) is 0 Å². The Morgan fingerprint density at radius 2 is 1.53 bits per heavy atom. The van der Waals surface area contributed by atoms with Gasteiger partial charge in [0.05, 0.1) is 11.8 Å². The first-order valence-corrected chi connectivity index (χ1v) is 10.5. The number of carbonyl (C=O) groups excluding carboxylic acids is 1. The molecule has 34 heavy (non-hydrogen) atoms. The van der Waals surface area contributed by atoms with E-state index < -0.39 is 17.5 Å². The fourth-order valence-corrected chi connectivity index (χ4v) is 3.66. The summed E-state index contributed by atoms with van der Waals surface area (Å²) in [5.74, 6) is -0.802. The lowest BCUT2D eigenvalue weighted by molar-refractivity contribution is -0.136. The zero-order valence-corrected chi connectivity index (χ0v) is 18.3. The second-order valence-corrected chi connectivity index (χ2v) is 7.68. The third kappa shape index (κ3) is 4.51. The maximum atomic E-state index is 13.1. The highest BCUT2D eigenvalue weighted by Gasteiger charge is 2.39. The quantitative estimate of drug-likeness (QED) is 0.284. The molecule has 0 saturated carbocycles. The number of nitrogens with zero attached hydrogens (tertiary/aromatic N) is 1. The van der Waals surface area contributed by atoms with Crippen LogP contribution in [0.2, 0.25) is 0 Å². The molecular weight excluding hydrogens is 432 g/mol. The van der Waals surface area contributed by atoms with Crippen LogP contribution < -0.4 is 5.43 Å². The van der Waals surface area contributed by atoms with E-state index in [0.717, 1.165) is 11.1 Å². The van der Waals surface area contributed by atoms with Crippen LogP contribution in [-0.4, -0.2) is 28.3 Å². The Balaban J connectivity index is 1.54. The van der Waals surface area contributed by atoms with Gasteiger partial charge in [-0.3, -0.25) is 4.79 Å². The van der Waals surface area contributed by atoms with E-state index in [1.807, 2.05) is 0 Å². The standard InChI is InChI=1S/C27H22N2O5/c1-18-16-19(25(30)31)12-14-23(18)24-15-13-22(34-24)17-28-29-26(32)27(33,20-8-4-2-5-9-20)21-10-6-3-7-11-21/h2-17,33H,1H3,(H,29,32)(H,30,31). The molecule has 7 heteroatoms. The number of amides is 1. The summed E-state index contributed by atoms with van der Waals surface area (Å²) in [6, 6.07) is 25.4. The Morgan fingerprint density at radius 1 is 0.912 bits per heavy atom. The number of hydrogen-bond acceptors (Lipinski definition) is 5. The first-order chi connectivity index (χ1) is 16.4. The average Bonchev–Trinajstić information content (AvgIpc) is 3.33. The van der Waals surface area contributed by atoms with Crippen molar-refractivity contribution < 1.29 is 24.2 Å². The molecule has 1 aromatic heterocycles. The van der Waals surface area contributed by atoms with E-state index in [2.05, 4.69) is 10.5 Å². The second-order valence-electron chi connectivity index (χ2n) is 7.68. The van der Waals surface area contributed by atoms with Crippen LogP contribution in [0.4, 0.5) is 0 Å². The lowest BCUT2D eigenvalue weighted by atomic mass is 9.85. The van der Waals surface area contributed by atoms with E-state index in [0.29, 0.717) is 22.6 Å². The lowest BCUT2D eigenvalue weighted by Gasteiger charge is -2.26. The van der Waals surface area contributed by atoms with E-state index >= 15 is 0 Å². The molecule has 0 spiro atoms. The molecule has 0 atom stereocenters. The van der Waals surface area contributed by atoms with Crippen molar-refractivity contribution in [3.8, 4) is 11.3 Å². The molecule has 7 nitrogen and oxygen atoms in total. The molecule has 3 N–H and O–H groups in total. The van der Waals surface area contributed by atoms with E-state index in [9.17, 15) is 14.7 Å². The highest BCUT2D eigenvalue weighted by atomic mass is 16.4. The summed E-state index contributed by atoms with van der Waals surface area (Å²) in [5, 5.41) is 24.5. The van der Waals surface area contributed by atoms with Crippen LogP contribution >= 0.6 is 0 Å². The fraction of sp³-hybridized carbons (Fsp3) is 0.0741. The van der Waals surface area contributed by atoms with Crippen LogP contribution in [0, 0.1) is 6.92 Å². The van der Waals surface area contributed by atoms with Gasteiger partial charge in [-0.25, -0.2) is 10.2 Å². The van der Waals surface area contributed by atoms with E-state index in [4.69, 9.17) is 9.52 Å². The normalized spacial score (nSPS) is 11.5. The first-order valence-electron chi connectivity index (χ1n) is 10.5. The van der Waals surface area contributed by atoms with Crippen molar-refractivity contribution in [2.75, 3.05) is 0 Å². The molecule has 0 aliphatic heterocycles. The molecule has 0 radical (unpaired) electrons. The summed E-state index contributed by atoms with van der Waals surface area (Å²) >= 11 is 0. The minimum absolute atomic E-state index is 0.196. The summed E-state index contributed by atoms with van der Waals surface area (Å²) in [5.41, 5.74) is 2.99. The van der Waals surface area contributed by atoms with Gasteiger partial charge < -0.3 is 14.6 Å². The van der Waals surface area contributed by atoms with Gasteiger partial charge in [0.2, 0.25) is 0 Å². The van der Waals surface area contributed by atoms with Gasteiger partial charge in [0.15, 0.2) is 5.60 Å². The number of aryl methyl sites for hydroxylation is 1. The zero-order valence-electron chi connectivity index (χ0n) is 18.3. The predicted molar refractivity (Wildman–Crippen MR) is 127 cm³/mol. The van der Waals surface area contributed by atoms with Crippen molar-refractivity contribution in [3.63, 3.8) is 0 Å². The van der Waals surface area contributed by atoms with Crippen LogP contribution in [0.25, 0.3) is 11.3 Å². The molecule has 0 saturated heterocycles. The Bertz CT molecular complexity index is 1300. The molecule has 3 aromatic carbocycles. The van der Waals surface area contributed by atoms with Crippen LogP contribution in [0.15, 0.2) is 101 Å². The minimum Gasteiger partial charge on any atom is -0.478 e. The highest BCUT2D eigenvalue weighted by Crippen LogP contribution is 2.30. The molecular formula is C27H22N2O5. The maximum Gasteiger partial charge on any atom is 0.335 e.